The first kappa shape index (κ1) is 15.3. The third-order valence-electron chi connectivity index (χ3n) is 4.74. The molecule has 4 nitrogen and oxygen atoms in total. The monoisotopic (exact) mass is 277 g/mol. The van der Waals surface area contributed by atoms with Crippen molar-refractivity contribution in [2.75, 3.05) is 34.3 Å². The molecule has 2 atom stereocenters. The Labute approximate surface area is 122 Å². The van der Waals surface area contributed by atoms with Gasteiger partial charge in [0.15, 0.2) is 0 Å². The van der Waals surface area contributed by atoms with Crippen molar-refractivity contribution in [3.05, 3.63) is 29.8 Å². The minimum absolute atomic E-state index is 0.0914. The number of rotatable bonds is 5. The van der Waals surface area contributed by atoms with Crippen molar-refractivity contribution in [1.82, 2.24) is 9.80 Å². The van der Waals surface area contributed by atoms with Gasteiger partial charge in [0.1, 0.15) is 5.75 Å². The van der Waals surface area contributed by atoms with Gasteiger partial charge >= 0.3 is 0 Å². The van der Waals surface area contributed by atoms with Crippen molar-refractivity contribution in [2.24, 2.45) is 5.73 Å². The average Bonchev–Trinajstić information content (AvgIpc) is 2.76. The van der Waals surface area contributed by atoms with Crippen LogP contribution in [0.4, 0.5) is 0 Å². The predicted molar refractivity (Wildman–Crippen MR) is 83.0 cm³/mol. The standard InChI is InChI=1S/C16H27N3O/c1-13-9-16(11-17,12-18(13)2)19(3)10-14-5-7-15(20-4)8-6-14/h5-8,13H,9-12,17H2,1-4H3. The molecule has 0 spiro atoms. The van der Waals surface area contributed by atoms with Crippen molar-refractivity contribution >= 4 is 0 Å². The summed E-state index contributed by atoms with van der Waals surface area (Å²) in [7, 11) is 6.06. The maximum atomic E-state index is 6.11. The first-order chi connectivity index (χ1) is 9.50. The van der Waals surface area contributed by atoms with Gasteiger partial charge in [-0.05, 0) is 45.1 Å². The van der Waals surface area contributed by atoms with Gasteiger partial charge in [0.25, 0.3) is 0 Å². The Morgan fingerprint density at radius 1 is 1.40 bits per heavy atom. The fraction of sp³-hybridized carbons (Fsp3) is 0.625. The van der Waals surface area contributed by atoms with E-state index in [1.807, 2.05) is 12.1 Å². The molecule has 1 fully saturated rings. The van der Waals surface area contributed by atoms with Crippen molar-refractivity contribution in [3.8, 4) is 5.75 Å². The lowest BCUT2D eigenvalue weighted by molar-refractivity contribution is 0.126. The van der Waals surface area contributed by atoms with E-state index in [-0.39, 0.29) is 5.54 Å². The number of nitrogens with two attached hydrogens (primary N) is 1. The summed E-state index contributed by atoms with van der Waals surface area (Å²) in [6.45, 7) is 4.94. The van der Waals surface area contributed by atoms with Gasteiger partial charge < -0.3 is 15.4 Å². The summed E-state index contributed by atoms with van der Waals surface area (Å²) in [6.07, 6.45) is 1.13. The Morgan fingerprint density at radius 3 is 2.50 bits per heavy atom. The fourth-order valence-electron chi connectivity index (χ4n) is 3.14. The zero-order valence-electron chi connectivity index (χ0n) is 13.1. The number of hydrogen-bond acceptors (Lipinski definition) is 4. The molecule has 1 aliphatic heterocycles. The normalized spacial score (nSPS) is 27.2. The second kappa shape index (κ2) is 6.12. The quantitative estimate of drug-likeness (QED) is 0.886. The van der Waals surface area contributed by atoms with Crippen LogP contribution in [0.15, 0.2) is 24.3 Å². The average molecular weight is 277 g/mol. The Kier molecular flexibility index (Phi) is 4.68. The molecule has 2 rings (SSSR count). The first-order valence-electron chi connectivity index (χ1n) is 7.25. The van der Waals surface area contributed by atoms with Crippen LogP contribution < -0.4 is 10.5 Å². The summed E-state index contributed by atoms with van der Waals surface area (Å²) < 4.78 is 5.20. The third kappa shape index (κ3) is 2.97. The lowest BCUT2D eigenvalue weighted by Gasteiger charge is -2.38. The molecular weight excluding hydrogens is 250 g/mol. The number of hydrogen-bond donors (Lipinski definition) is 1. The van der Waals surface area contributed by atoms with Crippen LogP contribution >= 0.6 is 0 Å². The van der Waals surface area contributed by atoms with Crippen LogP contribution in [0.2, 0.25) is 0 Å². The van der Waals surface area contributed by atoms with Crippen LogP contribution in [0, 0.1) is 0 Å². The zero-order chi connectivity index (χ0) is 14.8. The van der Waals surface area contributed by atoms with E-state index in [0.29, 0.717) is 12.6 Å². The summed E-state index contributed by atoms with van der Waals surface area (Å²) in [5.41, 5.74) is 7.49. The van der Waals surface area contributed by atoms with Gasteiger partial charge in [-0.25, -0.2) is 0 Å². The van der Waals surface area contributed by atoms with E-state index in [4.69, 9.17) is 10.5 Å². The molecule has 1 aromatic rings. The van der Waals surface area contributed by atoms with Gasteiger partial charge in [0, 0.05) is 31.2 Å². The van der Waals surface area contributed by atoms with E-state index in [1.165, 1.54) is 5.56 Å². The van der Waals surface area contributed by atoms with Crippen LogP contribution in [-0.2, 0) is 6.54 Å². The summed E-state index contributed by atoms with van der Waals surface area (Å²) in [5.74, 6) is 0.902. The van der Waals surface area contributed by atoms with Gasteiger partial charge in [-0.1, -0.05) is 12.1 Å². The summed E-state index contributed by atoms with van der Waals surface area (Å²) >= 11 is 0. The highest BCUT2D eigenvalue weighted by molar-refractivity contribution is 5.27. The molecule has 0 aromatic heterocycles. The predicted octanol–water partition coefficient (Wildman–Crippen LogP) is 1.55. The number of methoxy groups -OCH3 is 1. The van der Waals surface area contributed by atoms with E-state index >= 15 is 0 Å². The molecule has 112 valence electrons. The first-order valence-corrected chi connectivity index (χ1v) is 7.25. The maximum Gasteiger partial charge on any atom is 0.118 e. The number of ether oxygens (including phenoxy) is 1. The highest BCUT2D eigenvalue weighted by atomic mass is 16.5. The highest BCUT2D eigenvalue weighted by Crippen LogP contribution is 2.31. The van der Waals surface area contributed by atoms with Crippen LogP contribution in [-0.4, -0.2) is 55.7 Å². The summed E-state index contributed by atoms with van der Waals surface area (Å²) in [6, 6.07) is 8.88. The second-order valence-electron chi connectivity index (χ2n) is 6.10. The molecule has 0 aliphatic carbocycles. The van der Waals surface area contributed by atoms with Crippen molar-refractivity contribution < 1.29 is 4.74 Å². The number of likely N-dealkylation sites (tertiary alicyclic amines) is 1. The van der Waals surface area contributed by atoms with Gasteiger partial charge in [0.05, 0.1) is 7.11 Å². The van der Waals surface area contributed by atoms with E-state index in [0.717, 1.165) is 25.3 Å². The molecule has 2 unspecified atom stereocenters. The second-order valence-corrected chi connectivity index (χ2v) is 6.10. The number of nitrogens with zero attached hydrogens (tertiary/aromatic N) is 2. The van der Waals surface area contributed by atoms with Gasteiger partial charge in [0.2, 0.25) is 0 Å². The molecule has 0 radical (unpaired) electrons. The topological polar surface area (TPSA) is 41.7 Å². The van der Waals surface area contributed by atoms with Crippen molar-refractivity contribution in [2.45, 2.75) is 31.5 Å². The summed E-state index contributed by atoms with van der Waals surface area (Å²) in [5, 5.41) is 0. The molecular formula is C16H27N3O. The number of likely N-dealkylation sites (N-methyl/N-ethyl adjacent to an activating group) is 2. The van der Waals surface area contributed by atoms with Gasteiger partial charge in [-0.2, -0.15) is 0 Å². The Hall–Kier alpha value is -1.10. The lowest BCUT2D eigenvalue weighted by atomic mass is 9.94. The molecule has 1 heterocycles. The molecule has 0 bridgehead atoms. The number of benzene rings is 1. The van der Waals surface area contributed by atoms with Crippen LogP contribution in [0.5, 0.6) is 5.75 Å². The molecule has 1 aliphatic rings. The molecule has 20 heavy (non-hydrogen) atoms. The Bertz CT molecular complexity index is 422. The summed E-state index contributed by atoms with van der Waals surface area (Å²) in [4.78, 5) is 4.81. The van der Waals surface area contributed by atoms with Crippen LogP contribution in [0.25, 0.3) is 0 Å². The molecule has 1 saturated heterocycles. The van der Waals surface area contributed by atoms with Gasteiger partial charge in [-0.15, -0.1) is 0 Å². The van der Waals surface area contributed by atoms with Crippen molar-refractivity contribution in [1.29, 1.82) is 0 Å². The zero-order valence-corrected chi connectivity index (χ0v) is 13.1. The molecule has 0 amide bonds. The molecule has 0 saturated carbocycles. The molecule has 2 N–H and O–H groups in total. The van der Waals surface area contributed by atoms with E-state index in [1.54, 1.807) is 7.11 Å². The van der Waals surface area contributed by atoms with Crippen LogP contribution in [0.1, 0.15) is 18.9 Å². The Morgan fingerprint density at radius 2 is 2.05 bits per heavy atom. The third-order valence-corrected chi connectivity index (χ3v) is 4.74. The van der Waals surface area contributed by atoms with Crippen molar-refractivity contribution in [3.63, 3.8) is 0 Å². The highest BCUT2D eigenvalue weighted by Gasteiger charge is 2.42. The van der Waals surface area contributed by atoms with E-state index in [2.05, 4.69) is 43.0 Å². The minimum atomic E-state index is 0.0914. The lowest BCUT2D eigenvalue weighted by Crippen LogP contribution is -2.53. The largest absolute Gasteiger partial charge is 0.497 e. The van der Waals surface area contributed by atoms with Crippen LogP contribution in [0.3, 0.4) is 0 Å². The molecule has 1 aromatic carbocycles. The maximum absolute atomic E-state index is 6.11. The van der Waals surface area contributed by atoms with E-state index < -0.39 is 0 Å². The minimum Gasteiger partial charge on any atom is -0.497 e. The smallest absolute Gasteiger partial charge is 0.118 e. The van der Waals surface area contributed by atoms with Gasteiger partial charge in [-0.3, -0.25) is 4.90 Å². The SMILES string of the molecule is COc1ccc(CN(C)C2(CN)CC(C)N(C)C2)cc1. The van der Waals surface area contributed by atoms with E-state index in [9.17, 15) is 0 Å². The molecule has 4 heteroatoms. The fourth-order valence-corrected chi connectivity index (χ4v) is 3.14. The Balaban J connectivity index is 2.07.